The molecule has 0 radical (unpaired) electrons. The lowest BCUT2D eigenvalue weighted by Crippen LogP contribution is -2.28. The van der Waals surface area contributed by atoms with E-state index in [4.69, 9.17) is 11.6 Å². The van der Waals surface area contributed by atoms with Gasteiger partial charge in [-0.2, -0.15) is 0 Å². The van der Waals surface area contributed by atoms with Crippen LogP contribution >= 0.6 is 11.6 Å². The van der Waals surface area contributed by atoms with Gasteiger partial charge in [-0.15, -0.1) is 0 Å². The Morgan fingerprint density at radius 2 is 2.13 bits per heavy atom. The third kappa shape index (κ3) is 4.14. The summed E-state index contributed by atoms with van der Waals surface area (Å²) in [5, 5.41) is 0.447. The van der Waals surface area contributed by atoms with Crippen LogP contribution in [0.25, 0.3) is 0 Å². The van der Waals surface area contributed by atoms with Crippen molar-refractivity contribution in [3.05, 3.63) is 23.2 Å². The molecule has 0 saturated heterocycles. The molecule has 0 N–H and O–H groups in total. The first kappa shape index (κ1) is 12.4. The Morgan fingerprint density at radius 1 is 1.40 bits per heavy atom. The summed E-state index contributed by atoms with van der Waals surface area (Å²) < 4.78 is 0. The van der Waals surface area contributed by atoms with Crippen molar-refractivity contribution in [2.24, 2.45) is 0 Å². The Kier molecular flexibility index (Phi) is 4.99. The SMILES string of the molecule is CCCC(C)N(C)Cc1cnc(Cl)cn1. The molecule has 0 fully saturated rings. The molecule has 1 unspecified atom stereocenters. The first-order valence-electron chi connectivity index (χ1n) is 5.30. The zero-order valence-electron chi connectivity index (χ0n) is 9.57. The minimum absolute atomic E-state index is 0.447. The van der Waals surface area contributed by atoms with Gasteiger partial charge in [-0.25, -0.2) is 4.98 Å². The third-order valence-electron chi connectivity index (χ3n) is 2.54. The highest BCUT2D eigenvalue weighted by Crippen LogP contribution is 2.08. The van der Waals surface area contributed by atoms with Gasteiger partial charge in [0.15, 0.2) is 0 Å². The number of rotatable bonds is 5. The van der Waals surface area contributed by atoms with E-state index in [-0.39, 0.29) is 0 Å². The van der Waals surface area contributed by atoms with Crippen LogP contribution in [-0.2, 0) is 6.54 Å². The summed E-state index contributed by atoms with van der Waals surface area (Å²) in [7, 11) is 2.11. The number of nitrogens with zero attached hydrogens (tertiary/aromatic N) is 3. The van der Waals surface area contributed by atoms with E-state index in [9.17, 15) is 0 Å². The van der Waals surface area contributed by atoms with Crippen LogP contribution in [0.15, 0.2) is 12.4 Å². The molecule has 84 valence electrons. The largest absolute Gasteiger partial charge is 0.298 e. The number of hydrogen-bond donors (Lipinski definition) is 0. The number of hydrogen-bond acceptors (Lipinski definition) is 3. The molecule has 0 spiro atoms. The van der Waals surface area contributed by atoms with Crippen LogP contribution in [0, 0.1) is 0 Å². The molecular weight excluding hydrogens is 210 g/mol. The van der Waals surface area contributed by atoms with E-state index >= 15 is 0 Å². The maximum Gasteiger partial charge on any atom is 0.147 e. The highest BCUT2D eigenvalue weighted by molar-refractivity contribution is 6.29. The van der Waals surface area contributed by atoms with Gasteiger partial charge < -0.3 is 0 Å². The molecule has 0 bridgehead atoms. The summed E-state index contributed by atoms with van der Waals surface area (Å²) in [5.41, 5.74) is 0.963. The molecule has 1 aromatic rings. The monoisotopic (exact) mass is 227 g/mol. The Hall–Kier alpha value is -0.670. The fraction of sp³-hybridized carbons (Fsp3) is 0.636. The highest BCUT2D eigenvalue weighted by atomic mass is 35.5. The summed E-state index contributed by atoms with van der Waals surface area (Å²) in [6, 6.07) is 0.576. The highest BCUT2D eigenvalue weighted by Gasteiger charge is 2.09. The van der Waals surface area contributed by atoms with Crippen molar-refractivity contribution in [1.29, 1.82) is 0 Å². The van der Waals surface area contributed by atoms with E-state index in [0.29, 0.717) is 11.2 Å². The molecule has 1 aromatic heterocycles. The first-order chi connectivity index (χ1) is 7.13. The van der Waals surface area contributed by atoms with E-state index in [1.807, 2.05) is 0 Å². The molecule has 0 saturated carbocycles. The lowest BCUT2D eigenvalue weighted by molar-refractivity contribution is 0.234. The summed E-state index contributed by atoms with van der Waals surface area (Å²) in [4.78, 5) is 10.5. The third-order valence-corrected chi connectivity index (χ3v) is 2.74. The Labute approximate surface area is 96.5 Å². The average molecular weight is 228 g/mol. The van der Waals surface area contributed by atoms with E-state index in [2.05, 4.69) is 35.8 Å². The maximum absolute atomic E-state index is 5.67. The molecule has 0 aliphatic heterocycles. The smallest absolute Gasteiger partial charge is 0.147 e. The van der Waals surface area contributed by atoms with Crippen LogP contribution in [0.4, 0.5) is 0 Å². The molecule has 0 aromatic carbocycles. The van der Waals surface area contributed by atoms with Crippen molar-refractivity contribution in [3.8, 4) is 0 Å². The van der Waals surface area contributed by atoms with Gasteiger partial charge in [-0.1, -0.05) is 24.9 Å². The summed E-state index contributed by atoms with van der Waals surface area (Å²) in [6.45, 7) is 5.25. The van der Waals surface area contributed by atoms with Crippen molar-refractivity contribution in [3.63, 3.8) is 0 Å². The van der Waals surface area contributed by atoms with Crippen molar-refractivity contribution in [2.45, 2.75) is 39.3 Å². The van der Waals surface area contributed by atoms with Crippen LogP contribution < -0.4 is 0 Å². The zero-order chi connectivity index (χ0) is 11.3. The second kappa shape index (κ2) is 6.03. The Morgan fingerprint density at radius 3 is 2.67 bits per heavy atom. The zero-order valence-corrected chi connectivity index (χ0v) is 10.3. The molecule has 15 heavy (non-hydrogen) atoms. The molecule has 1 heterocycles. The van der Waals surface area contributed by atoms with E-state index < -0.39 is 0 Å². The van der Waals surface area contributed by atoms with Crippen LogP contribution in [0.3, 0.4) is 0 Å². The quantitative estimate of drug-likeness (QED) is 0.775. The van der Waals surface area contributed by atoms with E-state index in [1.165, 1.54) is 12.8 Å². The molecule has 1 rings (SSSR count). The number of aromatic nitrogens is 2. The van der Waals surface area contributed by atoms with Gasteiger partial charge in [0.1, 0.15) is 5.15 Å². The second-order valence-electron chi connectivity index (χ2n) is 3.88. The Balaban J connectivity index is 2.50. The molecule has 4 heteroatoms. The lowest BCUT2D eigenvalue weighted by atomic mass is 10.2. The minimum atomic E-state index is 0.447. The predicted molar refractivity (Wildman–Crippen MR) is 62.9 cm³/mol. The van der Waals surface area contributed by atoms with Crippen molar-refractivity contribution < 1.29 is 0 Å². The topological polar surface area (TPSA) is 29.0 Å². The van der Waals surface area contributed by atoms with Crippen LogP contribution in [0.5, 0.6) is 0 Å². The van der Waals surface area contributed by atoms with Crippen LogP contribution in [-0.4, -0.2) is 28.0 Å². The summed E-state index contributed by atoms with van der Waals surface area (Å²) in [5.74, 6) is 0. The fourth-order valence-electron chi connectivity index (χ4n) is 1.47. The van der Waals surface area contributed by atoms with Crippen LogP contribution in [0.2, 0.25) is 5.15 Å². The molecule has 0 aliphatic carbocycles. The average Bonchev–Trinajstić information content (AvgIpc) is 2.22. The van der Waals surface area contributed by atoms with Gasteiger partial charge in [0.2, 0.25) is 0 Å². The standard InChI is InChI=1S/C11H18ClN3/c1-4-5-9(2)15(3)8-10-6-14-11(12)7-13-10/h6-7,9H,4-5,8H2,1-3H3. The van der Waals surface area contributed by atoms with Gasteiger partial charge in [-0.3, -0.25) is 9.88 Å². The van der Waals surface area contributed by atoms with Gasteiger partial charge in [0, 0.05) is 12.6 Å². The normalized spacial score (nSPS) is 13.1. The van der Waals surface area contributed by atoms with Gasteiger partial charge >= 0.3 is 0 Å². The summed E-state index contributed by atoms with van der Waals surface area (Å²) in [6.07, 6.45) is 5.74. The second-order valence-corrected chi connectivity index (χ2v) is 4.27. The molecule has 1 atom stereocenters. The maximum atomic E-state index is 5.67. The van der Waals surface area contributed by atoms with E-state index in [0.717, 1.165) is 12.2 Å². The van der Waals surface area contributed by atoms with Crippen molar-refractivity contribution in [1.82, 2.24) is 14.9 Å². The molecule has 3 nitrogen and oxygen atoms in total. The fourth-order valence-corrected chi connectivity index (χ4v) is 1.57. The molecular formula is C11H18ClN3. The van der Waals surface area contributed by atoms with Gasteiger partial charge in [0.25, 0.3) is 0 Å². The van der Waals surface area contributed by atoms with Crippen LogP contribution in [0.1, 0.15) is 32.4 Å². The summed E-state index contributed by atoms with van der Waals surface area (Å²) >= 11 is 5.67. The Bertz CT molecular complexity index is 286. The van der Waals surface area contributed by atoms with Crippen molar-refractivity contribution >= 4 is 11.6 Å². The van der Waals surface area contributed by atoms with Gasteiger partial charge in [-0.05, 0) is 20.4 Å². The number of halogens is 1. The lowest BCUT2D eigenvalue weighted by Gasteiger charge is -2.23. The van der Waals surface area contributed by atoms with E-state index in [1.54, 1.807) is 12.4 Å². The minimum Gasteiger partial charge on any atom is -0.298 e. The molecule has 0 amide bonds. The van der Waals surface area contributed by atoms with Gasteiger partial charge in [0.05, 0.1) is 18.1 Å². The van der Waals surface area contributed by atoms with Crippen molar-refractivity contribution in [2.75, 3.05) is 7.05 Å². The molecule has 0 aliphatic rings. The predicted octanol–water partition coefficient (Wildman–Crippen LogP) is 2.75. The first-order valence-corrected chi connectivity index (χ1v) is 5.68.